The first-order valence-electron chi connectivity index (χ1n) is 6.35. The third kappa shape index (κ3) is 4.86. The molecule has 0 aromatic heterocycles. The van der Waals surface area contributed by atoms with Crippen LogP contribution in [-0.4, -0.2) is 18.6 Å². The molecule has 0 fully saturated rings. The number of ether oxygens (including phenoxy) is 1. The lowest BCUT2D eigenvalue weighted by atomic mass is 10.1. The first-order valence-corrected chi connectivity index (χ1v) is 7.51. The molecule has 0 aliphatic heterocycles. The second kappa shape index (κ2) is 8.38. The Morgan fingerprint density at radius 2 is 2.17 bits per heavy atom. The highest BCUT2D eigenvalue weighted by Crippen LogP contribution is 2.23. The van der Waals surface area contributed by atoms with Crippen LogP contribution in [0.4, 0.5) is 4.39 Å². The summed E-state index contributed by atoms with van der Waals surface area (Å²) >= 11 is 1.83. The second-order valence-electron chi connectivity index (χ2n) is 4.28. The monoisotopic (exact) mass is 271 g/mol. The van der Waals surface area contributed by atoms with Gasteiger partial charge in [-0.05, 0) is 29.9 Å². The van der Waals surface area contributed by atoms with Crippen LogP contribution < -0.4 is 10.5 Å². The summed E-state index contributed by atoms with van der Waals surface area (Å²) in [5.74, 6) is 1.87. The van der Waals surface area contributed by atoms with E-state index in [1.54, 1.807) is 6.07 Å². The van der Waals surface area contributed by atoms with Gasteiger partial charge in [-0.2, -0.15) is 11.8 Å². The molecule has 0 heterocycles. The normalized spacial score (nSPS) is 12.4. The number of methoxy groups -OCH3 is 1. The van der Waals surface area contributed by atoms with E-state index in [0.29, 0.717) is 0 Å². The van der Waals surface area contributed by atoms with E-state index in [1.807, 2.05) is 17.8 Å². The molecule has 102 valence electrons. The van der Waals surface area contributed by atoms with Gasteiger partial charge in [0.05, 0.1) is 7.11 Å². The minimum absolute atomic E-state index is 0.114. The van der Waals surface area contributed by atoms with Gasteiger partial charge in [-0.15, -0.1) is 0 Å². The fourth-order valence-corrected chi connectivity index (χ4v) is 2.70. The lowest BCUT2D eigenvalue weighted by molar-refractivity contribution is 0.386. The Bertz CT molecular complexity index is 360. The van der Waals surface area contributed by atoms with Crippen LogP contribution in [0.15, 0.2) is 18.2 Å². The zero-order chi connectivity index (χ0) is 13.4. The van der Waals surface area contributed by atoms with Gasteiger partial charge in [0.15, 0.2) is 11.6 Å². The lowest BCUT2D eigenvalue weighted by Crippen LogP contribution is -2.13. The Kier molecular flexibility index (Phi) is 7.13. The number of hydrogen-bond acceptors (Lipinski definition) is 3. The topological polar surface area (TPSA) is 35.2 Å². The number of thioether (sulfide) groups is 1. The van der Waals surface area contributed by atoms with Crippen molar-refractivity contribution in [3.8, 4) is 5.75 Å². The van der Waals surface area contributed by atoms with E-state index in [4.69, 9.17) is 10.5 Å². The summed E-state index contributed by atoms with van der Waals surface area (Å²) in [7, 11) is 1.46. The van der Waals surface area contributed by atoms with Gasteiger partial charge < -0.3 is 10.5 Å². The highest BCUT2D eigenvalue weighted by molar-refractivity contribution is 7.99. The van der Waals surface area contributed by atoms with Crippen molar-refractivity contribution in [1.82, 2.24) is 0 Å². The molecule has 1 aromatic carbocycles. The van der Waals surface area contributed by atoms with E-state index in [1.165, 1.54) is 32.4 Å². The second-order valence-corrected chi connectivity index (χ2v) is 5.43. The minimum atomic E-state index is -0.346. The molecular formula is C14H22FNOS. The molecule has 0 amide bonds. The van der Waals surface area contributed by atoms with E-state index in [0.717, 1.165) is 17.1 Å². The van der Waals surface area contributed by atoms with Crippen molar-refractivity contribution in [3.63, 3.8) is 0 Å². The fraction of sp³-hybridized carbons (Fsp3) is 0.571. The molecule has 0 aliphatic rings. The molecule has 0 radical (unpaired) electrons. The Morgan fingerprint density at radius 1 is 1.39 bits per heavy atom. The van der Waals surface area contributed by atoms with Gasteiger partial charge in [-0.3, -0.25) is 0 Å². The van der Waals surface area contributed by atoms with Crippen LogP contribution in [0.3, 0.4) is 0 Å². The third-order valence-electron chi connectivity index (χ3n) is 2.79. The first kappa shape index (κ1) is 15.3. The molecule has 1 rings (SSSR count). The summed E-state index contributed by atoms with van der Waals surface area (Å²) in [6.07, 6.45) is 3.72. The maximum absolute atomic E-state index is 13.5. The third-order valence-corrected chi connectivity index (χ3v) is 3.97. The molecule has 4 heteroatoms. The zero-order valence-electron chi connectivity index (χ0n) is 11.1. The Hall–Kier alpha value is -0.740. The van der Waals surface area contributed by atoms with Gasteiger partial charge in [-0.25, -0.2) is 4.39 Å². The van der Waals surface area contributed by atoms with E-state index >= 15 is 0 Å². The summed E-state index contributed by atoms with van der Waals surface area (Å²) in [6, 6.07) is 4.82. The standard InChI is InChI=1S/C14H22FNOS/c1-3-4-5-8-18-10-13(16)11-6-7-14(17-2)12(15)9-11/h6-7,9,13H,3-5,8,10,16H2,1-2H3. The number of nitrogens with two attached hydrogens (primary N) is 1. The van der Waals surface area contributed by atoms with Crippen molar-refractivity contribution >= 4 is 11.8 Å². The summed E-state index contributed by atoms with van der Waals surface area (Å²) in [5, 5.41) is 0. The highest BCUT2D eigenvalue weighted by atomic mass is 32.2. The van der Waals surface area contributed by atoms with E-state index in [-0.39, 0.29) is 17.6 Å². The molecular weight excluding hydrogens is 249 g/mol. The van der Waals surface area contributed by atoms with Crippen molar-refractivity contribution in [1.29, 1.82) is 0 Å². The van der Waals surface area contributed by atoms with Crippen molar-refractivity contribution in [2.24, 2.45) is 5.73 Å². The Balaban J connectivity index is 2.41. The Morgan fingerprint density at radius 3 is 2.78 bits per heavy atom. The van der Waals surface area contributed by atoms with Crippen LogP contribution in [-0.2, 0) is 0 Å². The molecule has 18 heavy (non-hydrogen) atoms. The fourth-order valence-electron chi connectivity index (χ4n) is 1.67. The summed E-state index contributed by atoms with van der Waals surface area (Å²) in [5.41, 5.74) is 6.87. The van der Waals surface area contributed by atoms with Crippen LogP contribution in [0.1, 0.15) is 37.8 Å². The number of benzene rings is 1. The predicted molar refractivity (Wildman–Crippen MR) is 76.7 cm³/mol. The molecule has 0 spiro atoms. The first-order chi connectivity index (χ1) is 8.69. The van der Waals surface area contributed by atoms with Crippen molar-refractivity contribution in [2.75, 3.05) is 18.6 Å². The molecule has 1 unspecified atom stereocenters. The number of rotatable bonds is 8. The average molecular weight is 271 g/mol. The van der Waals surface area contributed by atoms with Crippen LogP contribution in [0.5, 0.6) is 5.75 Å². The maximum atomic E-state index is 13.5. The smallest absolute Gasteiger partial charge is 0.165 e. The summed E-state index contributed by atoms with van der Waals surface area (Å²) in [6.45, 7) is 2.19. The van der Waals surface area contributed by atoms with Crippen molar-refractivity contribution in [2.45, 2.75) is 32.2 Å². The van der Waals surface area contributed by atoms with Gasteiger partial charge >= 0.3 is 0 Å². The highest BCUT2D eigenvalue weighted by Gasteiger charge is 2.09. The van der Waals surface area contributed by atoms with Gasteiger partial charge in [0.1, 0.15) is 0 Å². The molecule has 0 saturated heterocycles. The van der Waals surface area contributed by atoms with Crippen LogP contribution in [0, 0.1) is 5.82 Å². The number of hydrogen-bond donors (Lipinski definition) is 1. The van der Waals surface area contributed by atoms with Crippen molar-refractivity contribution < 1.29 is 9.13 Å². The number of halogens is 1. The summed E-state index contributed by atoms with van der Waals surface area (Å²) < 4.78 is 18.4. The van der Waals surface area contributed by atoms with Gasteiger partial charge in [0.25, 0.3) is 0 Å². The molecule has 0 bridgehead atoms. The van der Waals surface area contributed by atoms with Crippen LogP contribution in [0.2, 0.25) is 0 Å². The Labute approximate surface area is 113 Å². The molecule has 0 saturated carbocycles. The molecule has 2 N–H and O–H groups in total. The molecule has 1 aromatic rings. The molecule has 0 aliphatic carbocycles. The van der Waals surface area contributed by atoms with E-state index < -0.39 is 0 Å². The minimum Gasteiger partial charge on any atom is -0.494 e. The molecule has 1 atom stereocenters. The predicted octanol–water partition coefficient (Wildman–Crippen LogP) is 3.76. The molecule has 2 nitrogen and oxygen atoms in total. The van der Waals surface area contributed by atoms with Crippen molar-refractivity contribution in [3.05, 3.63) is 29.6 Å². The lowest BCUT2D eigenvalue weighted by Gasteiger charge is -2.12. The van der Waals surface area contributed by atoms with Gasteiger partial charge in [0, 0.05) is 11.8 Å². The average Bonchev–Trinajstić information content (AvgIpc) is 2.38. The SMILES string of the molecule is CCCCCSCC(N)c1ccc(OC)c(F)c1. The maximum Gasteiger partial charge on any atom is 0.165 e. The van der Waals surface area contributed by atoms with Crippen LogP contribution >= 0.6 is 11.8 Å². The van der Waals surface area contributed by atoms with Gasteiger partial charge in [-0.1, -0.05) is 25.8 Å². The van der Waals surface area contributed by atoms with Crippen LogP contribution in [0.25, 0.3) is 0 Å². The van der Waals surface area contributed by atoms with E-state index in [9.17, 15) is 4.39 Å². The van der Waals surface area contributed by atoms with E-state index in [2.05, 4.69) is 6.92 Å². The van der Waals surface area contributed by atoms with Gasteiger partial charge in [0.2, 0.25) is 0 Å². The quantitative estimate of drug-likeness (QED) is 0.731. The largest absolute Gasteiger partial charge is 0.494 e. The number of unbranched alkanes of at least 4 members (excludes halogenated alkanes) is 2. The summed E-state index contributed by atoms with van der Waals surface area (Å²) in [4.78, 5) is 0. The zero-order valence-corrected chi connectivity index (χ0v) is 11.9.